The number of cyclic esters (lactones) is 1. The minimum absolute atomic E-state index is 0.0163. The molecule has 2 heteroatoms. The fourth-order valence-corrected chi connectivity index (χ4v) is 2.67. The SMILES string of the molecule is CCCCC[C@H]1OC(=O)C[C@@H]1Cc1ccccc1. The second-order valence-electron chi connectivity index (χ2n) is 5.18. The molecule has 0 spiro atoms. The van der Waals surface area contributed by atoms with Crippen LogP contribution < -0.4 is 0 Å². The Morgan fingerprint density at radius 2 is 2.00 bits per heavy atom. The number of carbonyl (C=O) groups is 1. The van der Waals surface area contributed by atoms with E-state index in [9.17, 15) is 4.79 Å². The highest BCUT2D eigenvalue weighted by Crippen LogP contribution is 2.29. The molecule has 1 aromatic rings. The molecule has 1 fully saturated rings. The van der Waals surface area contributed by atoms with Crippen LogP contribution in [0, 0.1) is 5.92 Å². The molecule has 1 aliphatic heterocycles. The van der Waals surface area contributed by atoms with Gasteiger partial charge in [-0.2, -0.15) is 0 Å². The van der Waals surface area contributed by atoms with Crippen LogP contribution in [0.2, 0.25) is 0 Å². The fourth-order valence-electron chi connectivity index (χ4n) is 2.67. The number of carbonyl (C=O) groups excluding carboxylic acids is 1. The maximum absolute atomic E-state index is 11.5. The molecule has 2 rings (SSSR count). The zero-order valence-electron chi connectivity index (χ0n) is 11.1. The van der Waals surface area contributed by atoms with Crippen LogP contribution in [-0.2, 0) is 16.0 Å². The highest BCUT2D eigenvalue weighted by Gasteiger charge is 2.33. The standard InChI is InChI=1S/C16H22O2/c1-2-3-5-10-15-14(12-16(17)18-15)11-13-8-6-4-7-9-13/h4,6-9,14-15H,2-3,5,10-12H2,1H3/t14-,15+/m0/s1. The van der Waals surface area contributed by atoms with Crippen molar-refractivity contribution in [3.63, 3.8) is 0 Å². The van der Waals surface area contributed by atoms with Gasteiger partial charge in [-0.15, -0.1) is 0 Å². The molecule has 0 aromatic heterocycles. The van der Waals surface area contributed by atoms with E-state index in [2.05, 4.69) is 31.2 Å². The largest absolute Gasteiger partial charge is 0.462 e. The predicted molar refractivity (Wildman–Crippen MR) is 72.3 cm³/mol. The van der Waals surface area contributed by atoms with Crippen LogP contribution in [-0.4, -0.2) is 12.1 Å². The topological polar surface area (TPSA) is 26.3 Å². The van der Waals surface area contributed by atoms with Gasteiger partial charge in [0.25, 0.3) is 0 Å². The average Bonchev–Trinajstić information content (AvgIpc) is 2.71. The lowest BCUT2D eigenvalue weighted by molar-refractivity contribution is -0.141. The Kier molecular flexibility index (Phi) is 4.80. The molecule has 2 atom stereocenters. The maximum Gasteiger partial charge on any atom is 0.306 e. The number of hydrogen-bond acceptors (Lipinski definition) is 2. The summed E-state index contributed by atoms with van der Waals surface area (Å²) in [7, 11) is 0. The quantitative estimate of drug-likeness (QED) is 0.564. The highest BCUT2D eigenvalue weighted by atomic mass is 16.5. The monoisotopic (exact) mass is 246 g/mol. The summed E-state index contributed by atoms with van der Waals surface area (Å²) in [4.78, 5) is 11.5. The zero-order valence-corrected chi connectivity index (χ0v) is 11.1. The van der Waals surface area contributed by atoms with Crippen LogP contribution in [0.15, 0.2) is 30.3 Å². The van der Waals surface area contributed by atoms with Gasteiger partial charge in [0.1, 0.15) is 6.10 Å². The van der Waals surface area contributed by atoms with Crippen molar-refractivity contribution in [1.29, 1.82) is 0 Å². The summed E-state index contributed by atoms with van der Waals surface area (Å²) < 4.78 is 5.45. The summed E-state index contributed by atoms with van der Waals surface area (Å²) >= 11 is 0. The van der Waals surface area contributed by atoms with Crippen molar-refractivity contribution in [3.05, 3.63) is 35.9 Å². The molecule has 0 bridgehead atoms. The second-order valence-corrected chi connectivity index (χ2v) is 5.18. The summed E-state index contributed by atoms with van der Waals surface area (Å²) in [5.41, 5.74) is 1.31. The van der Waals surface area contributed by atoms with Crippen molar-refractivity contribution < 1.29 is 9.53 Å². The third-order valence-electron chi connectivity index (χ3n) is 3.67. The molecule has 0 radical (unpaired) electrons. The molecule has 0 amide bonds. The molecule has 0 N–H and O–H groups in total. The molecule has 0 unspecified atom stereocenters. The maximum atomic E-state index is 11.5. The first-order valence-corrected chi connectivity index (χ1v) is 7.03. The van der Waals surface area contributed by atoms with Crippen LogP contribution in [0.4, 0.5) is 0 Å². The van der Waals surface area contributed by atoms with E-state index >= 15 is 0 Å². The summed E-state index contributed by atoms with van der Waals surface area (Å²) in [5, 5.41) is 0. The summed E-state index contributed by atoms with van der Waals surface area (Å²) in [6.45, 7) is 2.20. The smallest absolute Gasteiger partial charge is 0.306 e. The first-order valence-electron chi connectivity index (χ1n) is 7.03. The van der Waals surface area contributed by atoms with Crippen LogP contribution in [0.25, 0.3) is 0 Å². The van der Waals surface area contributed by atoms with Crippen molar-refractivity contribution in [3.8, 4) is 0 Å². The number of ether oxygens (including phenoxy) is 1. The van der Waals surface area contributed by atoms with E-state index in [0.717, 1.165) is 12.8 Å². The van der Waals surface area contributed by atoms with Crippen molar-refractivity contribution in [2.45, 2.75) is 51.6 Å². The lowest BCUT2D eigenvalue weighted by Gasteiger charge is -2.17. The summed E-state index contributed by atoms with van der Waals surface area (Å²) in [6.07, 6.45) is 6.33. The predicted octanol–water partition coefficient (Wildman–Crippen LogP) is 3.74. The van der Waals surface area contributed by atoms with Crippen molar-refractivity contribution in [2.75, 3.05) is 0 Å². The van der Waals surface area contributed by atoms with E-state index in [1.54, 1.807) is 0 Å². The Bertz CT molecular complexity index is 372. The third-order valence-corrected chi connectivity index (χ3v) is 3.67. The number of hydrogen-bond donors (Lipinski definition) is 0. The Balaban J connectivity index is 1.90. The van der Waals surface area contributed by atoms with Gasteiger partial charge in [-0.05, 0) is 24.8 Å². The molecule has 1 aromatic carbocycles. The van der Waals surface area contributed by atoms with E-state index in [4.69, 9.17) is 4.74 Å². The van der Waals surface area contributed by atoms with Gasteiger partial charge in [0, 0.05) is 5.92 Å². The van der Waals surface area contributed by atoms with E-state index in [-0.39, 0.29) is 12.1 Å². The average molecular weight is 246 g/mol. The second kappa shape index (κ2) is 6.58. The minimum atomic E-state index is -0.0163. The molecular formula is C16H22O2. The van der Waals surface area contributed by atoms with Crippen LogP contribution in [0.5, 0.6) is 0 Å². The van der Waals surface area contributed by atoms with Gasteiger partial charge in [-0.3, -0.25) is 4.79 Å². The number of esters is 1. The number of unbranched alkanes of at least 4 members (excludes halogenated alkanes) is 2. The van der Waals surface area contributed by atoms with E-state index in [0.29, 0.717) is 12.3 Å². The molecule has 0 saturated carbocycles. The molecule has 2 nitrogen and oxygen atoms in total. The zero-order chi connectivity index (χ0) is 12.8. The highest BCUT2D eigenvalue weighted by molar-refractivity contribution is 5.72. The lowest BCUT2D eigenvalue weighted by Crippen LogP contribution is -2.18. The Labute approximate surface area is 109 Å². The minimum Gasteiger partial charge on any atom is -0.462 e. The first-order chi connectivity index (χ1) is 8.79. The van der Waals surface area contributed by atoms with Crippen molar-refractivity contribution in [2.24, 2.45) is 5.92 Å². The summed E-state index contributed by atoms with van der Waals surface area (Å²) in [5.74, 6) is 0.356. The summed E-state index contributed by atoms with van der Waals surface area (Å²) in [6, 6.07) is 10.4. The fraction of sp³-hybridized carbons (Fsp3) is 0.562. The van der Waals surface area contributed by atoms with Crippen LogP contribution >= 0.6 is 0 Å². The molecule has 98 valence electrons. The Morgan fingerprint density at radius 1 is 1.22 bits per heavy atom. The van der Waals surface area contributed by atoms with Crippen LogP contribution in [0.1, 0.15) is 44.6 Å². The third kappa shape index (κ3) is 3.59. The Hall–Kier alpha value is -1.31. The number of benzene rings is 1. The molecule has 1 saturated heterocycles. The van der Waals surface area contributed by atoms with E-state index in [1.807, 2.05) is 6.07 Å². The normalized spacial score (nSPS) is 23.1. The van der Waals surface area contributed by atoms with Crippen LogP contribution in [0.3, 0.4) is 0 Å². The van der Waals surface area contributed by atoms with Gasteiger partial charge in [0.15, 0.2) is 0 Å². The van der Waals surface area contributed by atoms with Gasteiger partial charge >= 0.3 is 5.97 Å². The van der Waals surface area contributed by atoms with Gasteiger partial charge in [0.2, 0.25) is 0 Å². The van der Waals surface area contributed by atoms with Gasteiger partial charge in [-0.25, -0.2) is 0 Å². The molecule has 1 heterocycles. The van der Waals surface area contributed by atoms with Gasteiger partial charge < -0.3 is 4.74 Å². The molecular weight excluding hydrogens is 224 g/mol. The molecule has 1 aliphatic rings. The van der Waals surface area contributed by atoms with Gasteiger partial charge in [-0.1, -0.05) is 50.1 Å². The van der Waals surface area contributed by atoms with Crippen molar-refractivity contribution in [1.82, 2.24) is 0 Å². The number of rotatable bonds is 6. The Morgan fingerprint density at radius 3 is 2.72 bits per heavy atom. The lowest BCUT2D eigenvalue weighted by atomic mass is 9.90. The molecule has 18 heavy (non-hydrogen) atoms. The van der Waals surface area contributed by atoms with E-state index < -0.39 is 0 Å². The van der Waals surface area contributed by atoms with E-state index in [1.165, 1.54) is 24.8 Å². The van der Waals surface area contributed by atoms with Crippen molar-refractivity contribution >= 4 is 5.97 Å². The first kappa shape index (κ1) is 13.1. The van der Waals surface area contributed by atoms with Gasteiger partial charge in [0.05, 0.1) is 6.42 Å². The molecule has 0 aliphatic carbocycles.